The monoisotopic (exact) mass is 201 g/mol. The van der Waals surface area contributed by atoms with Gasteiger partial charge >= 0.3 is 29.6 Å². The van der Waals surface area contributed by atoms with E-state index in [1.165, 1.54) is 0 Å². The molecule has 14 heavy (non-hydrogen) atoms. The second-order valence-corrected chi connectivity index (χ2v) is 2.85. The van der Waals surface area contributed by atoms with E-state index in [1.807, 2.05) is 30.3 Å². The summed E-state index contributed by atoms with van der Waals surface area (Å²) in [4.78, 5) is 10.6. The third-order valence-corrected chi connectivity index (χ3v) is 1.92. The van der Waals surface area contributed by atoms with E-state index in [1.54, 1.807) is 7.05 Å². The molecule has 0 aliphatic heterocycles. The summed E-state index contributed by atoms with van der Waals surface area (Å²) in [5.74, 6) is -1.06. The van der Waals surface area contributed by atoms with Crippen molar-refractivity contribution in [2.75, 3.05) is 7.05 Å². The summed E-state index contributed by atoms with van der Waals surface area (Å²) in [6.07, 6.45) is 0.458. The molecule has 0 aromatic heterocycles. The van der Waals surface area contributed by atoms with Crippen molar-refractivity contribution in [3.05, 3.63) is 35.9 Å². The molecule has 0 radical (unpaired) electrons. The minimum Gasteiger partial charge on any atom is -0.548 e. The molecule has 1 aromatic carbocycles. The minimum atomic E-state index is -1.06. The first-order chi connectivity index (χ1) is 6.24. The molecule has 1 N–H and O–H groups in total. The summed E-state index contributed by atoms with van der Waals surface area (Å²) in [6.45, 7) is 0. The zero-order valence-electron chi connectivity index (χ0n) is 8.49. The first-order valence-electron chi connectivity index (χ1n) is 4.16. The Bertz CT molecular complexity index is 277. The van der Waals surface area contributed by atoms with E-state index in [9.17, 15) is 9.90 Å². The van der Waals surface area contributed by atoms with E-state index >= 15 is 0 Å². The van der Waals surface area contributed by atoms with Gasteiger partial charge in [-0.3, -0.25) is 0 Å². The van der Waals surface area contributed by atoms with E-state index in [4.69, 9.17) is 0 Å². The van der Waals surface area contributed by atoms with Crippen molar-refractivity contribution in [2.24, 2.45) is 0 Å². The first kappa shape index (κ1) is 13.7. The van der Waals surface area contributed by atoms with Gasteiger partial charge in [-0.05, 0) is 19.0 Å². The fourth-order valence-electron chi connectivity index (χ4n) is 1.15. The van der Waals surface area contributed by atoms with Crippen molar-refractivity contribution >= 4 is 5.97 Å². The number of benzene rings is 1. The molecular formula is C10H12NNaO2. The van der Waals surface area contributed by atoms with Crippen molar-refractivity contribution in [3.8, 4) is 0 Å². The van der Waals surface area contributed by atoms with Crippen LogP contribution in [0.15, 0.2) is 30.3 Å². The minimum absolute atomic E-state index is 0. The van der Waals surface area contributed by atoms with Crippen LogP contribution in [0, 0.1) is 0 Å². The molecule has 0 amide bonds. The second kappa shape index (κ2) is 7.01. The Kier molecular flexibility index (Phi) is 6.83. The van der Waals surface area contributed by atoms with Gasteiger partial charge in [0.15, 0.2) is 0 Å². The van der Waals surface area contributed by atoms with Crippen molar-refractivity contribution in [3.63, 3.8) is 0 Å². The van der Waals surface area contributed by atoms with Crippen LogP contribution in [-0.2, 0) is 11.2 Å². The molecule has 0 saturated carbocycles. The van der Waals surface area contributed by atoms with Gasteiger partial charge < -0.3 is 15.2 Å². The SMILES string of the molecule is CNC(Cc1ccccc1)C(=O)[O-].[Na+]. The predicted octanol–water partition coefficient (Wildman–Crippen LogP) is -3.43. The van der Waals surface area contributed by atoms with Gasteiger partial charge in [0.05, 0.1) is 12.0 Å². The van der Waals surface area contributed by atoms with Gasteiger partial charge in [0.25, 0.3) is 0 Å². The van der Waals surface area contributed by atoms with Crippen LogP contribution in [0.1, 0.15) is 5.56 Å². The maximum absolute atomic E-state index is 10.6. The van der Waals surface area contributed by atoms with Crippen LogP contribution in [0.2, 0.25) is 0 Å². The van der Waals surface area contributed by atoms with Gasteiger partial charge in [-0.15, -0.1) is 0 Å². The Balaban J connectivity index is 0.00000169. The molecule has 0 aliphatic carbocycles. The molecule has 0 fully saturated rings. The fraction of sp³-hybridized carbons (Fsp3) is 0.300. The second-order valence-electron chi connectivity index (χ2n) is 2.85. The molecule has 1 atom stereocenters. The zero-order chi connectivity index (χ0) is 9.68. The van der Waals surface area contributed by atoms with Gasteiger partial charge in [0.2, 0.25) is 0 Å². The molecule has 0 saturated heterocycles. The number of nitrogens with one attached hydrogen (secondary N) is 1. The summed E-state index contributed by atoms with van der Waals surface area (Å²) in [7, 11) is 1.61. The van der Waals surface area contributed by atoms with E-state index in [0.29, 0.717) is 6.42 Å². The number of carbonyl (C=O) groups excluding carboxylic acids is 1. The average Bonchev–Trinajstić information content (AvgIpc) is 2.15. The van der Waals surface area contributed by atoms with Crippen LogP contribution in [0.5, 0.6) is 0 Å². The van der Waals surface area contributed by atoms with Crippen LogP contribution in [-0.4, -0.2) is 19.1 Å². The molecule has 1 rings (SSSR count). The molecule has 3 nitrogen and oxygen atoms in total. The molecule has 70 valence electrons. The van der Waals surface area contributed by atoms with Crippen molar-refractivity contribution in [1.82, 2.24) is 5.32 Å². The molecule has 0 heterocycles. The summed E-state index contributed by atoms with van der Waals surface area (Å²) >= 11 is 0. The number of carboxylic acids is 1. The van der Waals surface area contributed by atoms with Crippen LogP contribution in [0.3, 0.4) is 0 Å². The Morgan fingerprint density at radius 3 is 2.43 bits per heavy atom. The molecule has 0 bridgehead atoms. The smallest absolute Gasteiger partial charge is 0.548 e. The Morgan fingerprint density at radius 1 is 1.43 bits per heavy atom. The number of rotatable bonds is 4. The van der Waals surface area contributed by atoms with E-state index in [2.05, 4.69) is 5.32 Å². The number of carbonyl (C=O) groups is 1. The molecule has 0 spiro atoms. The van der Waals surface area contributed by atoms with E-state index in [0.717, 1.165) is 5.56 Å². The third-order valence-electron chi connectivity index (χ3n) is 1.92. The van der Waals surface area contributed by atoms with Crippen LogP contribution in [0.4, 0.5) is 0 Å². The van der Waals surface area contributed by atoms with Crippen LogP contribution < -0.4 is 40.0 Å². The van der Waals surface area contributed by atoms with Crippen LogP contribution >= 0.6 is 0 Å². The quantitative estimate of drug-likeness (QED) is 0.516. The Morgan fingerprint density at radius 2 is 2.00 bits per heavy atom. The van der Waals surface area contributed by atoms with Gasteiger partial charge in [-0.2, -0.15) is 0 Å². The van der Waals surface area contributed by atoms with E-state index < -0.39 is 12.0 Å². The molecule has 1 unspecified atom stereocenters. The Labute approximate surface area is 106 Å². The maximum Gasteiger partial charge on any atom is 1.00 e. The largest absolute Gasteiger partial charge is 1.00 e. The molecule has 1 aromatic rings. The summed E-state index contributed by atoms with van der Waals surface area (Å²) < 4.78 is 0. The average molecular weight is 201 g/mol. The third kappa shape index (κ3) is 4.24. The standard InChI is InChI=1S/C10H13NO2.Na/c1-11-9(10(12)13)7-8-5-3-2-4-6-8;/h2-6,9,11H,7H2,1H3,(H,12,13);/q;+1/p-1. The number of hydrogen-bond acceptors (Lipinski definition) is 3. The number of aliphatic carboxylic acids is 1. The normalized spacial score (nSPS) is 11.5. The summed E-state index contributed by atoms with van der Waals surface area (Å²) in [5, 5.41) is 13.2. The number of hydrogen-bond donors (Lipinski definition) is 1. The van der Waals surface area contributed by atoms with Gasteiger partial charge in [-0.1, -0.05) is 30.3 Å². The van der Waals surface area contributed by atoms with Crippen LogP contribution in [0.25, 0.3) is 0 Å². The predicted molar refractivity (Wildman–Crippen MR) is 48.0 cm³/mol. The van der Waals surface area contributed by atoms with Crippen molar-refractivity contribution < 1.29 is 39.5 Å². The van der Waals surface area contributed by atoms with Gasteiger partial charge in [0.1, 0.15) is 0 Å². The van der Waals surface area contributed by atoms with Crippen molar-refractivity contribution in [2.45, 2.75) is 12.5 Å². The Hall–Kier alpha value is -0.350. The summed E-state index contributed by atoms with van der Waals surface area (Å²) in [5.41, 5.74) is 0.992. The van der Waals surface area contributed by atoms with Crippen molar-refractivity contribution in [1.29, 1.82) is 0 Å². The zero-order valence-corrected chi connectivity index (χ0v) is 10.5. The topological polar surface area (TPSA) is 52.2 Å². The summed E-state index contributed by atoms with van der Waals surface area (Å²) in [6, 6.07) is 8.86. The van der Waals surface area contributed by atoms with E-state index in [-0.39, 0.29) is 29.6 Å². The molecular weight excluding hydrogens is 189 g/mol. The number of carboxylic acid groups (broad SMARTS) is 1. The number of likely N-dealkylation sites (N-methyl/N-ethyl adjacent to an activating group) is 1. The first-order valence-corrected chi connectivity index (χ1v) is 4.16. The maximum atomic E-state index is 10.6. The molecule has 0 aliphatic rings. The van der Waals surface area contributed by atoms with Gasteiger partial charge in [-0.25, -0.2) is 0 Å². The van der Waals surface area contributed by atoms with Gasteiger partial charge in [0, 0.05) is 0 Å². The fourth-order valence-corrected chi connectivity index (χ4v) is 1.15. The molecule has 4 heteroatoms.